The number of aliphatic hydroxyl groups is 4. The molecule has 0 saturated heterocycles. The number of ketones is 2. The van der Waals surface area contributed by atoms with E-state index in [2.05, 4.69) is 0 Å². The lowest BCUT2D eigenvalue weighted by molar-refractivity contribution is -0.235. The number of hydrogen-bond donors (Lipinski definition) is 4. The minimum Gasteiger partial charge on any atom is -0.390 e. The highest BCUT2D eigenvalue weighted by molar-refractivity contribution is 5.91. The van der Waals surface area contributed by atoms with Crippen molar-refractivity contribution in [2.75, 3.05) is 6.61 Å². The quantitative estimate of drug-likeness (QED) is 0.553. The van der Waals surface area contributed by atoms with Crippen LogP contribution < -0.4 is 0 Å². The van der Waals surface area contributed by atoms with E-state index in [1.807, 2.05) is 6.92 Å². The molecule has 28 heavy (non-hydrogen) atoms. The highest BCUT2D eigenvalue weighted by atomic mass is 19.1. The average Bonchev–Trinajstić information content (AvgIpc) is 2.85. The second-order valence-corrected chi connectivity index (χ2v) is 9.62. The number of unbranched alkanes of at least 4 members (excludes halogenated alkanes) is 1. The fourth-order valence-corrected chi connectivity index (χ4v) is 6.79. The zero-order valence-corrected chi connectivity index (χ0v) is 16.9. The number of fused-ring (bicyclic) bond motifs is 3. The third kappa shape index (κ3) is 2.39. The topological polar surface area (TPSA) is 115 Å². The van der Waals surface area contributed by atoms with E-state index in [1.54, 1.807) is 13.8 Å². The van der Waals surface area contributed by atoms with Gasteiger partial charge in [0.1, 0.15) is 12.4 Å². The summed E-state index contributed by atoms with van der Waals surface area (Å²) in [5, 5.41) is 42.1. The molecule has 0 aromatic rings. The lowest BCUT2D eigenvalue weighted by Gasteiger charge is -2.61. The fraction of sp³-hybridized carbons (Fsp3) is 0.905. The lowest BCUT2D eigenvalue weighted by Crippen LogP contribution is -2.71. The minimum atomic E-state index is -2.24. The van der Waals surface area contributed by atoms with Crippen molar-refractivity contribution in [3.8, 4) is 0 Å². The Kier molecular flexibility index (Phi) is 5.32. The molecule has 8 atom stereocenters. The van der Waals surface area contributed by atoms with Crippen LogP contribution in [0, 0.1) is 22.7 Å². The Morgan fingerprint density at radius 3 is 2.43 bits per heavy atom. The van der Waals surface area contributed by atoms with Gasteiger partial charge in [0.05, 0.1) is 17.6 Å². The highest BCUT2D eigenvalue weighted by Gasteiger charge is 2.76. The molecular formula is C21H33FO6. The smallest absolute Gasteiger partial charge is 0.192 e. The standard InChI is InChI=1S/C21H33FO6/c1-4-5-8-18(2)14(24)7-6-12-13-9-15(25)21(28,17(27)11-23)19(13,3)10-16(26)20(12,18)22/h12-13,15-16,23,25-26,28H,4-11H2,1-3H3/t12-,13-,15+,16-,18-,19-,20?,21-/m0/s1. The van der Waals surface area contributed by atoms with Crippen molar-refractivity contribution in [2.24, 2.45) is 22.7 Å². The fourth-order valence-electron chi connectivity index (χ4n) is 6.79. The number of halogens is 1. The SMILES string of the molecule is CCCC[C@@]1(C)C(=O)CC[C@H]2[C@@H]3C[C@@H](O)[C@](O)(C(=O)CO)[C@@]3(C)C[C@H](O)C21F. The van der Waals surface area contributed by atoms with Gasteiger partial charge in [0.2, 0.25) is 0 Å². The predicted octanol–water partition coefficient (Wildman–Crippen LogP) is 1.31. The molecule has 0 aromatic heterocycles. The van der Waals surface area contributed by atoms with E-state index in [0.29, 0.717) is 12.8 Å². The molecular weight excluding hydrogens is 367 g/mol. The van der Waals surface area contributed by atoms with Crippen molar-refractivity contribution in [3.63, 3.8) is 0 Å². The van der Waals surface area contributed by atoms with E-state index in [9.17, 15) is 30.0 Å². The highest BCUT2D eigenvalue weighted by Crippen LogP contribution is 2.68. The first-order valence-electron chi connectivity index (χ1n) is 10.4. The van der Waals surface area contributed by atoms with E-state index in [0.717, 1.165) is 6.42 Å². The first-order valence-corrected chi connectivity index (χ1v) is 10.4. The van der Waals surface area contributed by atoms with Crippen LogP contribution in [0.4, 0.5) is 4.39 Å². The molecule has 0 amide bonds. The van der Waals surface area contributed by atoms with E-state index in [4.69, 9.17) is 0 Å². The molecule has 3 rings (SSSR count). The number of rotatable bonds is 5. The zero-order valence-electron chi connectivity index (χ0n) is 16.9. The number of alkyl halides is 1. The molecule has 0 heterocycles. The molecule has 1 unspecified atom stereocenters. The maximum Gasteiger partial charge on any atom is 0.192 e. The molecule has 3 aliphatic carbocycles. The van der Waals surface area contributed by atoms with Crippen molar-refractivity contribution >= 4 is 11.6 Å². The van der Waals surface area contributed by atoms with Gasteiger partial charge in [-0.15, -0.1) is 0 Å². The molecule has 0 bridgehead atoms. The lowest BCUT2D eigenvalue weighted by atomic mass is 9.45. The summed E-state index contributed by atoms with van der Waals surface area (Å²) < 4.78 is 16.7. The van der Waals surface area contributed by atoms with Gasteiger partial charge in [-0.1, -0.05) is 26.7 Å². The molecule has 0 radical (unpaired) electrons. The summed E-state index contributed by atoms with van der Waals surface area (Å²) in [6.45, 7) is 4.20. The second-order valence-electron chi connectivity index (χ2n) is 9.62. The molecule has 3 saturated carbocycles. The summed E-state index contributed by atoms with van der Waals surface area (Å²) in [7, 11) is 0. The molecule has 4 N–H and O–H groups in total. The Labute approximate surface area is 165 Å². The van der Waals surface area contributed by atoms with Gasteiger partial charge in [0.15, 0.2) is 17.1 Å². The Hall–Kier alpha value is -0.890. The summed E-state index contributed by atoms with van der Waals surface area (Å²) in [6.07, 6.45) is -1.07. The van der Waals surface area contributed by atoms with Gasteiger partial charge < -0.3 is 20.4 Å². The molecule has 160 valence electrons. The largest absolute Gasteiger partial charge is 0.390 e. The maximum absolute atomic E-state index is 16.7. The molecule has 0 aliphatic heterocycles. The number of hydrogen-bond acceptors (Lipinski definition) is 6. The summed E-state index contributed by atoms with van der Waals surface area (Å²) in [6, 6.07) is 0. The van der Waals surface area contributed by atoms with Crippen LogP contribution in [0.1, 0.15) is 65.7 Å². The summed E-state index contributed by atoms with van der Waals surface area (Å²) >= 11 is 0. The summed E-state index contributed by atoms with van der Waals surface area (Å²) in [4.78, 5) is 25.2. The van der Waals surface area contributed by atoms with Gasteiger partial charge >= 0.3 is 0 Å². The van der Waals surface area contributed by atoms with Gasteiger partial charge in [0, 0.05) is 17.8 Å². The van der Waals surface area contributed by atoms with E-state index in [1.165, 1.54) is 0 Å². The van der Waals surface area contributed by atoms with E-state index >= 15 is 4.39 Å². The number of Topliss-reactive ketones (excluding diaryl/α,β-unsaturated/α-hetero) is 2. The maximum atomic E-state index is 16.7. The first kappa shape index (κ1) is 21.8. The van der Waals surface area contributed by atoms with Gasteiger partial charge in [0.25, 0.3) is 0 Å². The van der Waals surface area contributed by atoms with Gasteiger partial charge in [-0.3, -0.25) is 9.59 Å². The number of carbonyl (C=O) groups excluding carboxylic acids is 2. The second kappa shape index (κ2) is 6.83. The number of carbonyl (C=O) groups is 2. The number of aliphatic hydroxyl groups excluding tert-OH is 3. The van der Waals surface area contributed by atoms with Crippen molar-refractivity contribution in [2.45, 2.75) is 89.2 Å². The van der Waals surface area contributed by atoms with Crippen LogP contribution >= 0.6 is 0 Å². The average molecular weight is 400 g/mol. The van der Waals surface area contributed by atoms with Crippen molar-refractivity contribution < 1.29 is 34.4 Å². The van der Waals surface area contributed by atoms with Crippen LogP contribution in [0.3, 0.4) is 0 Å². The van der Waals surface area contributed by atoms with Crippen LogP contribution in [0.15, 0.2) is 0 Å². The molecule has 0 spiro atoms. The normalized spacial score (nSPS) is 50.9. The Morgan fingerprint density at radius 1 is 1.21 bits per heavy atom. The van der Waals surface area contributed by atoms with Crippen molar-refractivity contribution in [3.05, 3.63) is 0 Å². The van der Waals surface area contributed by atoms with Gasteiger partial charge in [-0.25, -0.2) is 4.39 Å². The van der Waals surface area contributed by atoms with Crippen LogP contribution in [0.5, 0.6) is 0 Å². The van der Waals surface area contributed by atoms with Crippen LogP contribution in [-0.4, -0.2) is 62.1 Å². The van der Waals surface area contributed by atoms with Crippen molar-refractivity contribution in [1.29, 1.82) is 0 Å². The zero-order chi connectivity index (χ0) is 21.1. The van der Waals surface area contributed by atoms with Gasteiger partial charge in [-0.05, 0) is 38.5 Å². The third-order valence-corrected chi connectivity index (χ3v) is 8.52. The van der Waals surface area contributed by atoms with Crippen LogP contribution in [-0.2, 0) is 9.59 Å². The van der Waals surface area contributed by atoms with Crippen molar-refractivity contribution in [1.82, 2.24) is 0 Å². The van der Waals surface area contributed by atoms with Gasteiger partial charge in [-0.2, -0.15) is 0 Å². The van der Waals surface area contributed by atoms with E-state index < -0.39 is 58.5 Å². The Balaban J connectivity index is 2.10. The minimum absolute atomic E-state index is 0.000154. The van der Waals surface area contributed by atoms with Crippen LogP contribution in [0.25, 0.3) is 0 Å². The molecule has 7 heteroatoms. The summed E-state index contributed by atoms with van der Waals surface area (Å²) in [5.74, 6) is -2.44. The predicted molar refractivity (Wildman–Crippen MR) is 99.1 cm³/mol. The summed E-state index contributed by atoms with van der Waals surface area (Å²) in [5.41, 5.74) is -7.03. The Bertz CT molecular complexity index is 669. The molecule has 6 nitrogen and oxygen atoms in total. The monoisotopic (exact) mass is 400 g/mol. The molecule has 3 aliphatic rings. The molecule has 0 aromatic carbocycles. The third-order valence-electron chi connectivity index (χ3n) is 8.52. The van der Waals surface area contributed by atoms with Crippen LogP contribution in [0.2, 0.25) is 0 Å². The van der Waals surface area contributed by atoms with E-state index in [-0.39, 0.29) is 31.5 Å². The Morgan fingerprint density at radius 2 is 1.86 bits per heavy atom. The first-order chi connectivity index (χ1) is 12.9. The molecule has 3 fully saturated rings.